The van der Waals surface area contributed by atoms with Gasteiger partial charge in [-0.2, -0.15) is 0 Å². The first-order valence-corrected chi connectivity index (χ1v) is 6.87. The van der Waals surface area contributed by atoms with Crippen molar-refractivity contribution in [2.75, 3.05) is 0 Å². The second kappa shape index (κ2) is 5.59. The second-order valence-electron chi connectivity index (χ2n) is 4.63. The molecule has 0 saturated heterocycles. The number of aliphatic hydroxyl groups excluding tert-OH is 1. The summed E-state index contributed by atoms with van der Waals surface area (Å²) in [6.07, 6.45) is 0. The van der Waals surface area contributed by atoms with Crippen molar-refractivity contribution in [3.63, 3.8) is 0 Å². The number of hydrogen-bond acceptors (Lipinski definition) is 2. The summed E-state index contributed by atoms with van der Waals surface area (Å²) in [4.78, 5) is 2.54. The van der Waals surface area contributed by atoms with Crippen molar-refractivity contribution in [3.05, 3.63) is 58.7 Å². The maximum Gasteiger partial charge on any atom is 0.0681 e. The van der Waals surface area contributed by atoms with Gasteiger partial charge in [-0.25, -0.2) is 0 Å². The fraction of sp³-hybridized carbons (Fsp3) is 0.250. The van der Waals surface area contributed by atoms with Gasteiger partial charge in [0.05, 0.1) is 6.61 Å². The average Bonchev–Trinajstić information content (AvgIpc) is 2.34. The van der Waals surface area contributed by atoms with Gasteiger partial charge < -0.3 is 5.11 Å². The molecule has 1 nitrogen and oxygen atoms in total. The summed E-state index contributed by atoms with van der Waals surface area (Å²) in [7, 11) is 0. The molecule has 2 heteroatoms. The molecule has 0 aliphatic carbocycles. The molecule has 0 amide bonds. The fourth-order valence-electron chi connectivity index (χ4n) is 1.96. The molecular weight excluding hydrogens is 240 g/mol. The highest BCUT2D eigenvalue weighted by atomic mass is 32.2. The van der Waals surface area contributed by atoms with Crippen LogP contribution >= 0.6 is 11.8 Å². The third kappa shape index (κ3) is 2.95. The van der Waals surface area contributed by atoms with Gasteiger partial charge in [-0.05, 0) is 49.6 Å². The van der Waals surface area contributed by atoms with Crippen molar-refractivity contribution >= 4 is 11.8 Å². The van der Waals surface area contributed by atoms with E-state index in [1.165, 1.54) is 26.5 Å². The number of aliphatic hydroxyl groups is 1. The Balaban J connectivity index is 2.28. The van der Waals surface area contributed by atoms with Gasteiger partial charge in [0.15, 0.2) is 0 Å². The van der Waals surface area contributed by atoms with Gasteiger partial charge in [0.1, 0.15) is 0 Å². The quantitative estimate of drug-likeness (QED) is 0.888. The van der Waals surface area contributed by atoms with Crippen LogP contribution in [-0.4, -0.2) is 5.11 Å². The van der Waals surface area contributed by atoms with E-state index in [4.69, 9.17) is 5.11 Å². The fourth-order valence-corrected chi connectivity index (χ4v) is 2.91. The van der Waals surface area contributed by atoms with Gasteiger partial charge in [-0.1, -0.05) is 41.6 Å². The molecule has 2 rings (SSSR count). The van der Waals surface area contributed by atoms with E-state index in [1.54, 1.807) is 11.8 Å². The molecule has 0 aliphatic rings. The Morgan fingerprint density at radius 1 is 0.889 bits per heavy atom. The summed E-state index contributed by atoms with van der Waals surface area (Å²) in [5.74, 6) is 0. The second-order valence-corrected chi connectivity index (χ2v) is 5.71. The van der Waals surface area contributed by atoms with E-state index in [0.29, 0.717) is 0 Å². The van der Waals surface area contributed by atoms with E-state index in [2.05, 4.69) is 45.0 Å². The van der Waals surface area contributed by atoms with Gasteiger partial charge in [-0.15, -0.1) is 0 Å². The zero-order valence-corrected chi connectivity index (χ0v) is 11.8. The lowest BCUT2D eigenvalue weighted by atomic mass is 10.1. The lowest BCUT2D eigenvalue weighted by molar-refractivity contribution is 0.281. The Bertz CT molecular complexity index is 561. The molecule has 2 aromatic carbocycles. The van der Waals surface area contributed by atoms with E-state index in [-0.39, 0.29) is 6.61 Å². The van der Waals surface area contributed by atoms with E-state index < -0.39 is 0 Å². The van der Waals surface area contributed by atoms with Gasteiger partial charge >= 0.3 is 0 Å². The SMILES string of the molecule is Cc1ccc(Sc2ccc(CO)cc2C)c(C)c1. The smallest absolute Gasteiger partial charge is 0.0681 e. The van der Waals surface area contributed by atoms with E-state index in [0.717, 1.165) is 5.56 Å². The van der Waals surface area contributed by atoms with Crippen LogP contribution in [0.15, 0.2) is 46.2 Å². The van der Waals surface area contributed by atoms with Crippen molar-refractivity contribution in [2.24, 2.45) is 0 Å². The molecule has 0 aliphatic heterocycles. The Morgan fingerprint density at radius 2 is 1.50 bits per heavy atom. The first kappa shape index (κ1) is 13.2. The molecule has 1 N–H and O–H groups in total. The lowest BCUT2D eigenvalue weighted by Crippen LogP contribution is -1.88. The third-order valence-corrected chi connectivity index (χ3v) is 4.33. The van der Waals surface area contributed by atoms with E-state index in [1.807, 2.05) is 12.1 Å². The number of aryl methyl sites for hydroxylation is 3. The standard InChI is InChI=1S/C16H18OS/c1-11-4-6-15(12(2)8-11)18-16-7-5-14(10-17)9-13(16)3/h4-9,17H,10H2,1-3H3. The van der Waals surface area contributed by atoms with Crippen LogP contribution in [0.4, 0.5) is 0 Å². The van der Waals surface area contributed by atoms with Crippen LogP contribution in [0.25, 0.3) is 0 Å². The molecule has 0 spiro atoms. The van der Waals surface area contributed by atoms with Gasteiger partial charge in [0.25, 0.3) is 0 Å². The van der Waals surface area contributed by atoms with Crippen molar-refractivity contribution in [3.8, 4) is 0 Å². The summed E-state index contributed by atoms with van der Waals surface area (Å²) in [5, 5.41) is 9.11. The minimum atomic E-state index is 0.106. The summed E-state index contributed by atoms with van der Waals surface area (Å²) in [6, 6.07) is 12.6. The van der Waals surface area contributed by atoms with Crippen LogP contribution in [0.2, 0.25) is 0 Å². The highest BCUT2D eigenvalue weighted by molar-refractivity contribution is 7.99. The number of benzene rings is 2. The van der Waals surface area contributed by atoms with Crippen LogP contribution in [0.3, 0.4) is 0 Å². The molecule has 0 saturated carbocycles. The maximum atomic E-state index is 9.11. The number of rotatable bonds is 3. The molecule has 0 atom stereocenters. The van der Waals surface area contributed by atoms with Crippen LogP contribution < -0.4 is 0 Å². The summed E-state index contributed by atoms with van der Waals surface area (Å²) in [6.45, 7) is 6.45. The molecule has 0 radical (unpaired) electrons. The lowest BCUT2D eigenvalue weighted by Gasteiger charge is -2.10. The minimum absolute atomic E-state index is 0.106. The van der Waals surface area contributed by atoms with Crippen LogP contribution in [0.5, 0.6) is 0 Å². The van der Waals surface area contributed by atoms with Gasteiger partial charge in [0, 0.05) is 9.79 Å². The molecule has 0 unspecified atom stereocenters. The highest BCUT2D eigenvalue weighted by Gasteiger charge is 2.05. The monoisotopic (exact) mass is 258 g/mol. The first-order valence-electron chi connectivity index (χ1n) is 6.05. The zero-order chi connectivity index (χ0) is 13.1. The molecule has 0 aromatic heterocycles. The van der Waals surface area contributed by atoms with Crippen molar-refractivity contribution < 1.29 is 5.11 Å². The molecule has 0 heterocycles. The Morgan fingerprint density at radius 3 is 2.06 bits per heavy atom. The first-order chi connectivity index (χ1) is 8.60. The van der Waals surface area contributed by atoms with Gasteiger partial charge in [0.2, 0.25) is 0 Å². The summed E-state index contributed by atoms with van der Waals surface area (Å²) in [5.41, 5.74) is 4.79. The van der Waals surface area contributed by atoms with Crippen molar-refractivity contribution in [1.29, 1.82) is 0 Å². The predicted molar refractivity (Wildman–Crippen MR) is 77.1 cm³/mol. The minimum Gasteiger partial charge on any atom is -0.392 e. The maximum absolute atomic E-state index is 9.11. The van der Waals surface area contributed by atoms with E-state index in [9.17, 15) is 0 Å². The molecular formula is C16H18OS. The molecule has 94 valence electrons. The van der Waals surface area contributed by atoms with E-state index >= 15 is 0 Å². The van der Waals surface area contributed by atoms with Gasteiger partial charge in [-0.3, -0.25) is 0 Å². The Kier molecular flexibility index (Phi) is 4.10. The van der Waals surface area contributed by atoms with Crippen molar-refractivity contribution in [1.82, 2.24) is 0 Å². The van der Waals surface area contributed by atoms with Crippen molar-refractivity contribution in [2.45, 2.75) is 37.2 Å². The van der Waals surface area contributed by atoms with Crippen LogP contribution in [0.1, 0.15) is 22.3 Å². The summed E-state index contributed by atoms with van der Waals surface area (Å²) < 4.78 is 0. The van der Waals surface area contributed by atoms with Crippen LogP contribution in [0, 0.1) is 20.8 Å². The molecule has 0 bridgehead atoms. The zero-order valence-electron chi connectivity index (χ0n) is 11.0. The number of hydrogen-bond donors (Lipinski definition) is 1. The topological polar surface area (TPSA) is 20.2 Å². The average molecular weight is 258 g/mol. The normalized spacial score (nSPS) is 10.7. The Labute approximate surface area is 113 Å². The highest BCUT2D eigenvalue weighted by Crippen LogP contribution is 2.33. The Hall–Kier alpha value is -1.25. The summed E-state index contributed by atoms with van der Waals surface area (Å²) >= 11 is 1.79. The third-order valence-electron chi connectivity index (χ3n) is 2.97. The molecule has 2 aromatic rings. The molecule has 18 heavy (non-hydrogen) atoms. The largest absolute Gasteiger partial charge is 0.392 e. The molecule has 0 fully saturated rings. The predicted octanol–water partition coefficient (Wildman–Crippen LogP) is 4.26. The van der Waals surface area contributed by atoms with Crippen LogP contribution in [-0.2, 0) is 6.61 Å².